The second kappa shape index (κ2) is 11.7. The number of aryl methyl sites for hydroxylation is 2. The molecular formula is C30H32N2O5. The van der Waals surface area contributed by atoms with Gasteiger partial charge in [-0.2, -0.15) is 0 Å². The molecule has 2 atom stereocenters. The first-order valence-electron chi connectivity index (χ1n) is 12.3. The minimum absolute atomic E-state index is 0.101. The summed E-state index contributed by atoms with van der Waals surface area (Å²) in [5.41, 5.74) is 5.96. The van der Waals surface area contributed by atoms with E-state index in [2.05, 4.69) is 5.32 Å². The van der Waals surface area contributed by atoms with E-state index in [1.54, 1.807) is 0 Å². The summed E-state index contributed by atoms with van der Waals surface area (Å²) in [6.45, 7) is 4.36. The van der Waals surface area contributed by atoms with Gasteiger partial charge in [-0.1, -0.05) is 72.8 Å². The van der Waals surface area contributed by atoms with Gasteiger partial charge in [0.05, 0.1) is 13.7 Å². The van der Waals surface area contributed by atoms with Crippen LogP contribution in [0.4, 0.5) is 4.79 Å². The lowest BCUT2D eigenvalue weighted by Gasteiger charge is -2.35. The molecule has 0 radical (unpaired) electrons. The van der Waals surface area contributed by atoms with Crippen molar-refractivity contribution in [2.75, 3.05) is 7.11 Å². The lowest BCUT2D eigenvalue weighted by atomic mass is 9.93. The Morgan fingerprint density at radius 2 is 1.62 bits per heavy atom. The highest BCUT2D eigenvalue weighted by Crippen LogP contribution is 2.25. The molecular weight excluding hydrogens is 468 g/mol. The highest BCUT2D eigenvalue weighted by molar-refractivity contribution is 5.90. The maximum Gasteiger partial charge on any atom is 0.411 e. The molecule has 0 spiro atoms. The molecule has 0 aliphatic carbocycles. The topological polar surface area (TPSA) is 84.9 Å². The molecule has 1 heterocycles. The molecule has 0 bridgehead atoms. The molecule has 0 saturated heterocycles. The van der Waals surface area contributed by atoms with Crippen molar-refractivity contribution in [3.05, 3.63) is 106 Å². The zero-order valence-electron chi connectivity index (χ0n) is 21.4. The molecule has 192 valence electrons. The third-order valence-electron chi connectivity index (χ3n) is 6.80. The van der Waals surface area contributed by atoms with Crippen molar-refractivity contribution >= 4 is 18.0 Å². The quantitative estimate of drug-likeness (QED) is 0.490. The van der Waals surface area contributed by atoms with Crippen molar-refractivity contribution in [2.45, 2.75) is 51.9 Å². The number of carbonyl (C=O) groups is 3. The van der Waals surface area contributed by atoms with Gasteiger partial charge in [0, 0.05) is 12.8 Å². The number of carbonyl (C=O) groups excluding carboxylic acids is 3. The molecule has 4 rings (SSSR count). The molecule has 7 heteroatoms. The standard InChI is InChI=1S/C30H32N2O5/c1-20-13-14-23(15-21(20)2)16-26(29(34)36-3)31-28(33)27-17-24-11-7-8-12-25(24)18-32(27)30(35)37-19-22-9-5-4-6-10-22/h4-15,26-27H,16-19H2,1-3H3,(H,31,33)/t26-,27+/m1/s1. The summed E-state index contributed by atoms with van der Waals surface area (Å²) in [7, 11) is 1.30. The van der Waals surface area contributed by atoms with Gasteiger partial charge in [-0.3, -0.25) is 9.69 Å². The van der Waals surface area contributed by atoms with Gasteiger partial charge < -0.3 is 14.8 Å². The van der Waals surface area contributed by atoms with Crippen molar-refractivity contribution in [3.63, 3.8) is 0 Å². The summed E-state index contributed by atoms with van der Waals surface area (Å²) in [6, 6.07) is 21.3. The molecule has 0 aromatic heterocycles. The van der Waals surface area contributed by atoms with Gasteiger partial charge in [-0.25, -0.2) is 9.59 Å². The van der Waals surface area contributed by atoms with Crippen LogP contribution in [0.5, 0.6) is 0 Å². The summed E-state index contributed by atoms with van der Waals surface area (Å²) in [5, 5.41) is 2.85. The van der Waals surface area contributed by atoms with Crippen LogP contribution in [0.25, 0.3) is 0 Å². The van der Waals surface area contributed by atoms with Crippen LogP contribution < -0.4 is 5.32 Å². The number of fused-ring (bicyclic) bond motifs is 1. The molecule has 7 nitrogen and oxygen atoms in total. The first-order chi connectivity index (χ1) is 17.9. The van der Waals surface area contributed by atoms with Gasteiger partial charge in [-0.15, -0.1) is 0 Å². The number of nitrogens with one attached hydrogen (secondary N) is 1. The minimum atomic E-state index is -0.890. The summed E-state index contributed by atoms with van der Waals surface area (Å²) in [5.74, 6) is -0.966. The first-order valence-corrected chi connectivity index (χ1v) is 12.3. The van der Waals surface area contributed by atoms with E-state index in [4.69, 9.17) is 9.47 Å². The number of rotatable bonds is 7. The van der Waals surface area contributed by atoms with Crippen LogP contribution in [0, 0.1) is 13.8 Å². The average molecular weight is 501 g/mol. The third-order valence-corrected chi connectivity index (χ3v) is 6.80. The zero-order chi connectivity index (χ0) is 26.4. The Labute approximate surface area is 217 Å². The second-order valence-electron chi connectivity index (χ2n) is 9.36. The number of ether oxygens (including phenoxy) is 2. The number of nitrogens with zero attached hydrogens (tertiary/aromatic N) is 1. The highest BCUT2D eigenvalue weighted by Gasteiger charge is 2.37. The summed E-state index contributed by atoms with van der Waals surface area (Å²) in [4.78, 5) is 40.8. The van der Waals surface area contributed by atoms with Crippen LogP contribution in [-0.4, -0.2) is 42.1 Å². The van der Waals surface area contributed by atoms with E-state index in [1.165, 1.54) is 12.0 Å². The average Bonchev–Trinajstić information content (AvgIpc) is 2.92. The first kappa shape index (κ1) is 25.9. The van der Waals surface area contributed by atoms with E-state index in [-0.39, 0.29) is 19.6 Å². The van der Waals surface area contributed by atoms with Crippen molar-refractivity contribution in [1.29, 1.82) is 0 Å². The van der Waals surface area contributed by atoms with Gasteiger partial charge in [0.1, 0.15) is 18.7 Å². The van der Waals surface area contributed by atoms with Gasteiger partial charge in [0.25, 0.3) is 0 Å². The molecule has 0 saturated carbocycles. The maximum absolute atomic E-state index is 13.6. The molecule has 1 aliphatic heterocycles. The van der Waals surface area contributed by atoms with Gasteiger partial charge in [0.15, 0.2) is 0 Å². The fraction of sp³-hybridized carbons (Fsp3) is 0.300. The Balaban J connectivity index is 1.53. The Kier molecular flexibility index (Phi) is 8.23. The van der Waals surface area contributed by atoms with Crippen molar-refractivity contribution in [3.8, 4) is 0 Å². The zero-order valence-corrected chi connectivity index (χ0v) is 21.4. The maximum atomic E-state index is 13.6. The van der Waals surface area contributed by atoms with Crippen LogP contribution in [0.2, 0.25) is 0 Å². The smallest absolute Gasteiger partial charge is 0.411 e. The number of benzene rings is 3. The molecule has 1 N–H and O–H groups in total. The van der Waals surface area contributed by atoms with E-state index >= 15 is 0 Å². The fourth-order valence-corrected chi connectivity index (χ4v) is 4.52. The van der Waals surface area contributed by atoms with E-state index in [9.17, 15) is 14.4 Å². The monoisotopic (exact) mass is 500 g/mol. The predicted molar refractivity (Wildman–Crippen MR) is 140 cm³/mol. The van der Waals surface area contributed by atoms with E-state index in [0.29, 0.717) is 6.42 Å². The molecule has 1 aliphatic rings. The number of hydrogen-bond acceptors (Lipinski definition) is 5. The molecule has 2 amide bonds. The minimum Gasteiger partial charge on any atom is -0.467 e. The van der Waals surface area contributed by atoms with Gasteiger partial charge in [0.2, 0.25) is 5.91 Å². The van der Waals surface area contributed by atoms with E-state index < -0.39 is 30.1 Å². The van der Waals surface area contributed by atoms with Crippen LogP contribution in [-0.2, 0) is 45.1 Å². The number of esters is 1. The molecule has 0 fully saturated rings. The Bertz CT molecular complexity index is 1270. The van der Waals surface area contributed by atoms with Crippen LogP contribution in [0.15, 0.2) is 72.8 Å². The Morgan fingerprint density at radius 3 is 2.32 bits per heavy atom. The summed E-state index contributed by atoms with van der Waals surface area (Å²) in [6.07, 6.45) is 0.0173. The van der Waals surface area contributed by atoms with E-state index in [1.807, 2.05) is 86.6 Å². The molecule has 3 aromatic carbocycles. The number of amides is 2. The number of methoxy groups -OCH3 is 1. The van der Waals surface area contributed by atoms with Crippen LogP contribution >= 0.6 is 0 Å². The Morgan fingerprint density at radius 1 is 0.919 bits per heavy atom. The van der Waals surface area contributed by atoms with E-state index in [0.717, 1.165) is 33.4 Å². The second-order valence-corrected chi connectivity index (χ2v) is 9.36. The van der Waals surface area contributed by atoms with Crippen molar-refractivity contribution < 1.29 is 23.9 Å². The Hall–Kier alpha value is -4.13. The summed E-state index contributed by atoms with van der Waals surface area (Å²) >= 11 is 0. The fourth-order valence-electron chi connectivity index (χ4n) is 4.52. The van der Waals surface area contributed by atoms with Crippen LogP contribution in [0.1, 0.15) is 33.4 Å². The van der Waals surface area contributed by atoms with Crippen molar-refractivity contribution in [1.82, 2.24) is 10.2 Å². The summed E-state index contributed by atoms with van der Waals surface area (Å²) < 4.78 is 10.6. The normalized spacial score (nSPS) is 15.3. The lowest BCUT2D eigenvalue weighted by molar-refractivity contribution is -0.145. The van der Waals surface area contributed by atoms with Crippen molar-refractivity contribution in [2.24, 2.45) is 0 Å². The molecule has 0 unspecified atom stereocenters. The van der Waals surface area contributed by atoms with Gasteiger partial charge >= 0.3 is 12.1 Å². The highest BCUT2D eigenvalue weighted by atomic mass is 16.6. The van der Waals surface area contributed by atoms with Gasteiger partial charge in [-0.05, 0) is 47.2 Å². The SMILES string of the molecule is COC(=O)[C@@H](Cc1ccc(C)c(C)c1)NC(=O)[C@@H]1Cc2ccccc2CN1C(=O)OCc1ccccc1. The lowest BCUT2D eigenvalue weighted by Crippen LogP contribution is -2.56. The molecule has 37 heavy (non-hydrogen) atoms. The number of hydrogen-bond donors (Lipinski definition) is 1. The largest absolute Gasteiger partial charge is 0.467 e. The molecule has 3 aromatic rings. The van der Waals surface area contributed by atoms with Crippen LogP contribution in [0.3, 0.4) is 0 Å². The third kappa shape index (κ3) is 6.36. The predicted octanol–water partition coefficient (Wildman–Crippen LogP) is 4.27.